The average molecular weight is 317 g/mol. The van der Waals surface area contributed by atoms with Crippen molar-refractivity contribution in [3.8, 4) is 0 Å². The molecule has 0 unspecified atom stereocenters. The summed E-state index contributed by atoms with van der Waals surface area (Å²) in [7, 11) is 0. The Hall–Kier alpha value is -1.96. The van der Waals surface area contributed by atoms with Crippen LogP contribution in [0.15, 0.2) is 22.7 Å². The second-order valence-corrected chi connectivity index (χ2v) is 4.22. The molecule has 7 nitrogen and oxygen atoms in total. The summed E-state index contributed by atoms with van der Waals surface area (Å²) in [5.41, 5.74) is -0.247. The lowest BCUT2D eigenvalue weighted by atomic mass is 10.2. The number of nitrogens with one attached hydrogen (secondary N) is 1. The maximum absolute atomic E-state index is 11.7. The molecule has 2 N–H and O–H groups in total. The number of halogens is 1. The van der Waals surface area contributed by atoms with Crippen LogP contribution in [0.3, 0.4) is 0 Å². The summed E-state index contributed by atoms with van der Waals surface area (Å²) in [5.74, 6) is -1.88. The third-order valence-electron chi connectivity index (χ3n) is 2.14. The Morgan fingerprint density at radius 2 is 2.11 bits per heavy atom. The maximum Gasteiger partial charge on any atom is 0.325 e. The van der Waals surface area contributed by atoms with E-state index in [1.54, 1.807) is 0 Å². The van der Waals surface area contributed by atoms with Crippen molar-refractivity contribution < 1.29 is 19.6 Å². The number of amides is 1. The maximum atomic E-state index is 11.7. The summed E-state index contributed by atoms with van der Waals surface area (Å²) in [5, 5.41) is 21.5. The molecule has 0 spiro atoms. The summed E-state index contributed by atoms with van der Waals surface area (Å²) < 4.78 is 0.0186. The number of nitro benzene ring substituents is 1. The van der Waals surface area contributed by atoms with Gasteiger partial charge in [-0.1, -0.05) is 6.07 Å². The molecule has 1 rings (SSSR count). The van der Waals surface area contributed by atoms with Crippen LogP contribution < -0.4 is 5.32 Å². The van der Waals surface area contributed by atoms with Gasteiger partial charge in [-0.2, -0.15) is 0 Å². The SMILES string of the molecule is C[C@H](NC(=O)c1cccc([N+](=O)[O-])c1Br)C(=O)O. The molecule has 18 heavy (non-hydrogen) atoms. The fraction of sp³-hybridized carbons (Fsp3) is 0.200. The minimum absolute atomic E-state index is 0.0114. The van der Waals surface area contributed by atoms with Gasteiger partial charge in [-0.3, -0.25) is 19.7 Å². The summed E-state index contributed by atoms with van der Waals surface area (Å²) in [4.78, 5) is 32.4. The molecule has 0 bridgehead atoms. The summed E-state index contributed by atoms with van der Waals surface area (Å²) in [6.45, 7) is 1.30. The highest BCUT2D eigenvalue weighted by Crippen LogP contribution is 2.28. The fourth-order valence-electron chi connectivity index (χ4n) is 1.17. The van der Waals surface area contributed by atoms with E-state index in [-0.39, 0.29) is 15.7 Å². The molecule has 0 aliphatic rings. The third-order valence-corrected chi connectivity index (χ3v) is 2.97. The Kier molecular flexibility index (Phi) is 4.38. The minimum Gasteiger partial charge on any atom is -0.480 e. The molecule has 0 saturated heterocycles. The van der Waals surface area contributed by atoms with Crippen molar-refractivity contribution in [3.05, 3.63) is 38.3 Å². The van der Waals surface area contributed by atoms with Crippen molar-refractivity contribution in [2.24, 2.45) is 0 Å². The third kappa shape index (κ3) is 3.04. The van der Waals surface area contributed by atoms with Crippen molar-refractivity contribution in [2.45, 2.75) is 13.0 Å². The first-order valence-corrected chi connectivity index (χ1v) is 5.60. The van der Waals surface area contributed by atoms with Crippen LogP contribution in [0.4, 0.5) is 5.69 Å². The zero-order chi connectivity index (χ0) is 13.9. The number of aliphatic carboxylic acids is 1. The summed E-state index contributed by atoms with van der Waals surface area (Å²) in [6.07, 6.45) is 0. The number of carboxylic acid groups (broad SMARTS) is 1. The Morgan fingerprint density at radius 1 is 1.50 bits per heavy atom. The lowest BCUT2D eigenvalue weighted by Gasteiger charge is -2.10. The van der Waals surface area contributed by atoms with Gasteiger partial charge in [-0.15, -0.1) is 0 Å². The van der Waals surface area contributed by atoms with Crippen LogP contribution in [-0.4, -0.2) is 27.9 Å². The van der Waals surface area contributed by atoms with E-state index in [4.69, 9.17) is 5.11 Å². The molecule has 1 aromatic carbocycles. The van der Waals surface area contributed by atoms with Gasteiger partial charge in [-0.25, -0.2) is 0 Å². The first-order chi connectivity index (χ1) is 8.34. The number of nitro groups is 1. The first-order valence-electron chi connectivity index (χ1n) is 4.81. The van der Waals surface area contributed by atoms with E-state index < -0.39 is 22.8 Å². The van der Waals surface area contributed by atoms with Crippen molar-refractivity contribution >= 4 is 33.5 Å². The number of hydrogen-bond donors (Lipinski definition) is 2. The van der Waals surface area contributed by atoms with Gasteiger partial charge in [0.05, 0.1) is 10.5 Å². The lowest BCUT2D eigenvalue weighted by molar-refractivity contribution is -0.385. The summed E-state index contributed by atoms with van der Waals surface area (Å²) in [6, 6.07) is 2.87. The highest BCUT2D eigenvalue weighted by Gasteiger charge is 2.21. The van der Waals surface area contributed by atoms with Crippen molar-refractivity contribution in [2.75, 3.05) is 0 Å². The van der Waals surface area contributed by atoms with Crippen LogP contribution in [0, 0.1) is 10.1 Å². The van der Waals surface area contributed by atoms with Gasteiger partial charge < -0.3 is 10.4 Å². The molecule has 1 atom stereocenters. The molecule has 0 heterocycles. The molecule has 0 radical (unpaired) electrons. The van der Waals surface area contributed by atoms with Crippen LogP contribution in [0.25, 0.3) is 0 Å². The van der Waals surface area contributed by atoms with Gasteiger partial charge in [-0.05, 0) is 28.9 Å². The molecule has 96 valence electrons. The molecule has 0 aliphatic carbocycles. The predicted octanol–water partition coefficient (Wildman–Crippen LogP) is 1.56. The summed E-state index contributed by atoms with van der Waals surface area (Å²) >= 11 is 2.96. The van der Waals surface area contributed by atoms with E-state index >= 15 is 0 Å². The largest absolute Gasteiger partial charge is 0.480 e. The molecular formula is C10H9BrN2O5. The van der Waals surface area contributed by atoms with Crippen LogP contribution in [0.1, 0.15) is 17.3 Å². The van der Waals surface area contributed by atoms with Gasteiger partial charge in [0, 0.05) is 6.07 Å². The molecule has 0 aliphatic heterocycles. The van der Waals surface area contributed by atoms with Crippen LogP contribution in [0.5, 0.6) is 0 Å². The van der Waals surface area contributed by atoms with Crippen LogP contribution >= 0.6 is 15.9 Å². The van der Waals surface area contributed by atoms with Crippen molar-refractivity contribution in [3.63, 3.8) is 0 Å². The van der Waals surface area contributed by atoms with Crippen molar-refractivity contribution in [1.82, 2.24) is 5.32 Å². The Labute approximate surface area is 110 Å². The highest BCUT2D eigenvalue weighted by atomic mass is 79.9. The van der Waals surface area contributed by atoms with Crippen molar-refractivity contribution in [1.29, 1.82) is 0 Å². The number of hydrogen-bond acceptors (Lipinski definition) is 4. The molecule has 1 amide bonds. The number of rotatable bonds is 4. The van der Waals surface area contributed by atoms with Crippen LogP contribution in [-0.2, 0) is 4.79 Å². The normalized spacial score (nSPS) is 11.7. The molecule has 0 fully saturated rings. The van der Waals surface area contributed by atoms with Gasteiger partial charge in [0.25, 0.3) is 11.6 Å². The number of carbonyl (C=O) groups excluding carboxylic acids is 1. The van der Waals surface area contributed by atoms with E-state index in [9.17, 15) is 19.7 Å². The molecular weight excluding hydrogens is 308 g/mol. The molecule has 0 aromatic heterocycles. The van der Waals surface area contributed by atoms with E-state index in [1.807, 2.05) is 0 Å². The average Bonchev–Trinajstić information content (AvgIpc) is 2.28. The van der Waals surface area contributed by atoms with Gasteiger partial charge in [0.2, 0.25) is 0 Å². The van der Waals surface area contributed by atoms with E-state index in [0.717, 1.165) is 0 Å². The zero-order valence-electron chi connectivity index (χ0n) is 9.21. The Balaban J connectivity index is 3.04. The highest BCUT2D eigenvalue weighted by molar-refractivity contribution is 9.10. The first kappa shape index (κ1) is 14.1. The second-order valence-electron chi connectivity index (χ2n) is 3.43. The minimum atomic E-state index is -1.19. The number of nitrogens with zero attached hydrogens (tertiary/aromatic N) is 1. The Bertz CT molecular complexity index is 517. The number of benzene rings is 1. The monoisotopic (exact) mass is 316 g/mol. The smallest absolute Gasteiger partial charge is 0.325 e. The predicted molar refractivity (Wildman–Crippen MR) is 65.4 cm³/mol. The number of carboxylic acids is 1. The molecule has 8 heteroatoms. The topological polar surface area (TPSA) is 110 Å². The number of carbonyl (C=O) groups is 2. The molecule has 1 aromatic rings. The van der Waals surface area contributed by atoms with Gasteiger partial charge in [0.1, 0.15) is 10.5 Å². The van der Waals surface area contributed by atoms with Gasteiger partial charge in [0.15, 0.2) is 0 Å². The molecule has 0 saturated carbocycles. The second kappa shape index (κ2) is 5.58. The zero-order valence-corrected chi connectivity index (χ0v) is 10.8. The van der Waals surface area contributed by atoms with E-state index in [1.165, 1.54) is 25.1 Å². The Morgan fingerprint density at radius 3 is 2.61 bits per heavy atom. The lowest BCUT2D eigenvalue weighted by Crippen LogP contribution is -2.38. The standard InChI is InChI=1S/C10H9BrN2O5/c1-5(10(15)16)12-9(14)6-3-2-4-7(8(6)11)13(17)18/h2-5H,1H3,(H,12,14)(H,15,16)/t5-/m0/s1. The van der Waals surface area contributed by atoms with Crippen LogP contribution in [0.2, 0.25) is 0 Å². The quantitative estimate of drug-likeness (QED) is 0.647. The van der Waals surface area contributed by atoms with E-state index in [0.29, 0.717) is 0 Å². The van der Waals surface area contributed by atoms with E-state index in [2.05, 4.69) is 21.2 Å². The van der Waals surface area contributed by atoms with Gasteiger partial charge >= 0.3 is 5.97 Å². The fourth-order valence-corrected chi connectivity index (χ4v) is 1.76.